The van der Waals surface area contributed by atoms with E-state index < -0.39 is 5.54 Å². The Labute approximate surface area is 131 Å². The molecule has 1 aromatic rings. The van der Waals surface area contributed by atoms with E-state index in [-0.39, 0.29) is 18.4 Å². The van der Waals surface area contributed by atoms with Crippen LogP contribution in [0.3, 0.4) is 0 Å². The minimum Gasteiger partial charge on any atom is -0.337 e. The maximum atomic E-state index is 12.1. The standard InChI is InChI=1S/C17H20N4O/c1-17(12-19,15-6-7-15)20-16(22)11-21(2)10-14-5-3-4-13(8-14)9-18/h3-5,8,15H,6-7,10-11H2,1-2H3,(H,20,22). The van der Waals surface area contributed by atoms with Crippen LogP contribution in [0.15, 0.2) is 24.3 Å². The molecule has 1 saturated carbocycles. The molecule has 0 aliphatic heterocycles. The van der Waals surface area contributed by atoms with E-state index in [0.29, 0.717) is 12.1 Å². The zero-order valence-electron chi connectivity index (χ0n) is 13.0. The second kappa shape index (κ2) is 6.60. The number of hydrogen-bond acceptors (Lipinski definition) is 4. The summed E-state index contributed by atoms with van der Waals surface area (Å²) in [5.41, 5.74) is 0.847. The zero-order chi connectivity index (χ0) is 16.2. The van der Waals surface area contributed by atoms with Gasteiger partial charge < -0.3 is 5.32 Å². The van der Waals surface area contributed by atoms with Crippen LogP contribution in [0, 0.1) is 28.6 Å². The molecule has 0 spiro atoms. The lowest BCUT2D eigenvalue weighted by atomic mass is 9.98. The summed E-state index contributed by atoms with van der Waals surface area (Å²) in [4.78, 5) is 14.0. The summed E-state index contributed by atoms with van der Waals surface area (Å²) in [5, 5.41) is 21.0. The van der Waals surface area contributed by atoms with Gasteiger partial charge in [0.25, 0.3) is 0 Å². The highest BCUT2D eigenvalue weighted by Gasteiger charge is 2.42. The normalized spacial score (nSPS) is 16.4. The largest absolute Gasteiger partial charge is 0.337 e. The van der Waals surface area contributed by atoms with E-state index in [0.717, 1.165) is 18.4 Å². The van der Waals surface area contributed by atoms with Crippen molar-refractivity contribution in [1.82, 2.24) is 10.2 Å². The predicted octanol–water partition coefficient (Wildman–Crippen LogP) is 1.80. The van der Waals surface area contributed by atoms with Gasteiger partial charge in [0.2, 0.25) is 5.91 Å². The quantitative estimate of drug-likeness (QED) is 0.868. The molecule has 1 fully saturated rings. The highest BCUT2D eigenvalue weighted by atomic mass is 16.2. The fraction of sp³-hybridized carbons (Fsp3) is 0.471. The van der Waals surface area contributed by atoms with E-state index in [1.165, 1.54) is 0 Å². The topological polar surface area (TPSA) is 79.9 Å². The summed E-state index contributed by atoms with van der Waals surface area (Å²) in [6.07, 6.45) is 2.00. The van der Waals surface area contributed by atoms with Crippen molar-refractivity contribution in [1.29, 1.82) is 10.5 Å². The molecule has 5 nitrogen and oxygen atoms in total. The highest BCUT2D eigenvalue weighted by molar-refractivity contribution is 5.79. The molecule has 0 bridgehead atoms. The molecule has 0 radical (unpaired) electrons. The van der Waals surface area contributed by atoms with Crippen LogP contribution in [0.1, 0.15) is 30.9 Å². The molecule has 1 N–H and O–H groups in total. The van der Waals surface area contributed by atoms with E-state index in [1.807, 2.05) is 30.1 Å². The summed E-state index contributed by atoms with van der Waals surface area (Å²) >= 11 is 0. The van der Waals surface area contributed by atoms with Gasteiger partial charge in [-0.25, -0.2) is 0 Å². The molecule has 1 unspecified atom stereocenters. The van der Waals surface area contributed by atoms with Crippen LogP contribution >= 0.6 is 0 Å². The molecule has 0 aromatic heterocycles. The van der Waals surface area contributed by atoms with Crippen molar-refractivity contribution in [2.75, 3.05) is 13.6 Å². The number of carbonyl (C=O) groups excluding carboxylic acids is 1. The van der Waals surface area contributed by atoms with E-state index in [4.69, 9.17) is 5.26 Å². The number of hydrogen-bond donors (Lipinski definition) is 1. The lowest BCUT2D eigenvalue weighted by Crippen LogP contribution is -2.49. The molecule has 1 aliphatic rings. The first-order valence-corrected chi connectivity index (χ1v) is 7.36. The number of nitrogens with zero attached hydrogens (tertiary/aromatic N) is 3. The molecule has 0 saturated heterocycles. The van der Waals surface area contributed by atoms with Gasteiger partial charge in [-0.15, -0.1) is 0 Å². The van der Waals surface area contributed by atoms with Crippen LogP contribution in [0.25, 0.3) is 0 Å². The Morgan fingerprint density at radius 2 is 2.18 bits per heavy atom. The van der Waals surface area contributed by atoms with Crippen LogP contribution in [0.4, 0.5) is 0 Å². The van der Waals surface area contributed by atoms with Crippen molar-refractivity contribution in [3.63, 3.8) is 0 Å². The average molecular weight is 296 g/mol. The van der Waals surface area contributed by atoms with Gasteiger partial charge >= 0.3 is 0 Å². The molecule has 5 heteroatoms. The Balaban J connectivity index is 1.88. The van der Waals surface area contributed by atoms with Crippen LogP contribution < -0.4 is 5.32 Å². The van der Waals surface area contributed by atoms with Gasteiger partial charge in [-0.1, -0.05) is 12.1 Å². The van der Waals surface area contributed by atoms with E-state index >= 15 is 0 Å². The number of nitrogens with one attached hydrogen (secondary N) is 1. The van der Waals surface area contributed by atoms with E-state index in [1.54, 1.807) is 13.0 Å². The summed E-state index contributed by atoms with van der Waals surface area (Å²) < 4.78 is 0. The van der Waals surface area contributed by atoms with Gasteiger partial charge in [0.05, 0.1) is 24.2 Å². The molecular weight excluding hydrogens is 276 g/mol. The van der Waals surface area contributed by atoms with Gasteiger partial charge in [0.1, 0.15) is 5.54 Å². The predicted molar refractivity (Wildman–Crippen MR) is 82.4 cm³/mol. The zero-order valence-corrected chi connectivity index (χ0v) is 13.0. The van der Waals surface area contributed by atoms with Gasteiger partial charge in [-0.2, -0.15) is 10.5 Å². The Bertz CT molecular complexity index is 639. The van der Waals surface area contributed by atoms with Crippen molar-refractivity contribution in [2.45, 2.75) is 31.8 Å². The second-order valence-corrected chi connectivity index (χ2v) is 6.12. The maximum Gasteiger partial charge on any atom is 0.235 e. The third kappa shape index (κ3) is 4.07. The Morgan fingerprint density at radius 1 is 1.45 bits per heavy atom. The third-order valence-corrected chi connectivity index (χ3v) is 3.95. The van der Waals surface area contributed by atoms with Gasteiger partial charge in [-0.3, -0.25) is 9.69 Å². The summed E-state index contributed by atoms with van der Waals surface area (Å²) in [6.45, 7) is 2.59. The molecule has 22 heavy (non-hydrogen) atoms. The molecule has 1 aromatic carbocycles. The first-order valence-electron chi connectivity index (χ1n) is 7.36. The van der Waals surface area contributed by atoms with Crippen molar-refractivity contribution < 1.29 is 4.79 Å². The van der Waals surface area contributed by atoms with E-state index in [9.17, 15) is 10.1 Å². The van der Waals surface area contributed by atoms with Gasteiger partial charge in [0.15, 0.2) is 0 Å². The number of carbonyl (C=O) groups is 1. The molecule has 1 amide bonds. The Kier molecular flexibility index (Phi) is 4.80. The van der Waals surface area contributed by atoms with E-state index in [2.05, 4.69) is 17.5 Å². The molecule has 114 valence electrons. The van der Waals surface area contributed by atoms with Crippen molar-refractivity contribution in [3.05, 3.63) is 35.4 Å². The van der Waals surface area contributed by atoms with Crippen LogP contribution in [-0.4, -0.2) is 29.9 Å². The van der Waals surface area contributed by atoms with Crippen LogP contribution in [0.2, 0.25) is 0 Å². The monoisotopic (exact) mass is 296 g/mol. The highest BCUT2D eigenvalue weighted by Crippen LogP contribution is 2.39. The Hall–Kier alpha value is -2.37. The fourth-order valence-electron chi connectivity index (χ4n) is 2.56. The average Bonchev–Trinajstić information content (AvgIpc) is 3.32. The van der Waals surface area contributed by atoms with Gasteiger partial charge in [0, 0.05) is 6.54 Å². The molecule has 1 atom stereocenters. The smallest absolute Gasteiger partial charge is 0.235 e. The molecule has 0 heterocycles. The lowest BCUT2D eigenvalue weighted by Gasteiger charge is -2.25. The molecule has 1 aliphatic carbocycles. The van der Waals surface area contributed by atoms with Gasteiger partial charge in [-0.05, 0) is 50.4 Å². The third-order valence-electron chi connectivity index (χ3n) is 3.95. The van der Waals surface area contributed by atoms with Crippen molar-refractivity contribution in [3.8, 4) is 12.1 Å². The summed E-state index contributed by atoms with van der Waals surface area (Å²) in [5.74, 6) is 0.133. The first-order chi connectivity index (χ1) is 10.5. The second-order valence-electron chi connectivity index (χ2n) is 6.12. The molecule has 2 rings (SSSR count). The SMILES string of the molecule is CN(CC(=O)NC(C)(C#N)C1CC1)Cc1cccc(C#N)c1. The summed E-state index contributed by atoms with van der Waals surface area (Å²) in [7, 11) is 1.85. The number of benzene rings is 1. The van der Waals surface area contributed by atoms with Crippen LogP contribution in [0.5, 0.6) is 0 Å². The minimum atomic E-state index is -0.751. The first kappa shape index (κ1) is 16.0. The fourth-order valence-corrected chi connectivity index (χ4v) is 2.56. The van der Waals surface area contributed by atoms with Crippen molar-refractivity contribution >= 4 is 5.91 Å². The maximum absolute atomic E-state index is 12.1. The minimum absolute atomic E-state index is 0.144. The Morgan fingerprint density at radius 3 is 2.77 bits per heavy atom. The number of likely N-dealkylation sites (N-methyl/N-ethyl adjacent to an activating group) is 1. The number of amides is 1. The summed E-state index contributed by atoms with van der Waals surface area (Å²) in [6, 6.07) is 11.7. The lowest BCUT2D eigenvalue weighted by molar-refractivity contribution is -0.123. The number of nitriles is 2. The van der Waals surface area contributed by atoms with Crippen LogP contribution in [-0.2, 0) is 11.3 Å². The molecular formula is C17H20N4O. The number of rotatable bonds is 6. The van der Waals surface area contributed by atoms with Crippen molar-refractivity contribution in [2.24, 2.45) is 5.92 Å².